The summed E-state index contributed by atoms with van der Waals surface area (Å²) in [6.45, 7) is 0. The molecule has 0 saturated heterocycles. The number of carbonyl (C=O) groups excluding carboxylic acids is 1. The van der Waals surface area contributed by atoms with E-state index >= 15 is 0 Å². The third-order valence-corrected chi connectivity index (χ3v) is 3.19. The number of fused-ring (bicyclic) bond motifs is 1. The minimum Gasteiger partial charge on any atom is -0.298 e. The standard InChI is InChI=1S/C9H4ClFOS/c10-9-7(11)6-3-1-2-5(4-12)8(6)13-9/h1-4H. The van der Waals surface area contributed by atoms with Crippen LogP contribution in [0.5, 0.6) is 0 Å². The molecule has 0 saturated carbocycles. The van der Waals surface area contributed by atoms with Crippen LogP contribution in [0.15, 0.2) is 18.2 Å². The van der Waals surface area contributed by atoms with E-state index in [1.54, 1.807) is 18.2 Å². The van der Waals surface area contributed by atoms with E-state index in [9.17, 15) is 9.18 Å². The van der Waals surface area contributed by atoms with Gasteiger partial charge in [0, 0.05) is 15.6 Å². The summed E-state index contributed by atoms with van der Waals surface area (Å²) in [6.07, 6.45) is 0.703. The summed E-state index contributed by atoms with van der Waals surface area (Å²) in [6, 6.07) is 4.89. The third-order valence-electron chi connectivity index (χ3n) is 1.77. The number of hydrogen-bond donors (Lipinski definition) is 0. The van der Waals surface area contributed by atoms with Gasteiger partial charge in [0.2, 0.25) is 0 Å². The van der Waals surface area contributed by atoms with Crippen LogP contribution < -0.4 is 0 Å². The van der Waals surface area contributed by atoms with Crippen molar-refractivity contribution in [1.82, 2.24) is 0 Å². The van der Waals surface area contributed by atoms with E-state index in [4.69, 9.17) is 11.6 Å². The number of benzene rings is 1. The number of hydrogen-bond acceptors (Lipinski definition) is 2. The maximum atomic E-state index is 13.2. The number of halogens is 2. The van der Waals surface area contributed by atoms with Crippen LogP contribution >= 0.6 is 22.9 Å². The van der Waals surface area contributed by atoms with Gasteiger partial charge in [-0.2, -0.15) is 0 Å². The molecule has 0 amide bonds. The molecule has 0 spiro atoms. The predicted octanol–water partition coefficient (Wildman–Crippen LogP) is 3.51. The van der Waals surface area contributed by atoms with Crippen molar-refractivity contribution < 1.29 is 9.18 Å². The summed E-state index contributed by atoms with van der Waals surface area (Å²) in [5, 5.41) is 0.416. The van der Waals surface area contributed by atoms with Crippen molar-refractivity contribution in [2.45, 2.75) is 0 Å². The van der Waals surface area contributed by atoms with Gasteiger partial charge in [0.1, 0.15) is 4.34 Å². The first-order valence-electron chi connectivity index (χ1n) is 3.55. The zero-order valence-corrected chi connectivity index (χ0v) is 7.95. The highest BCUT2D eigenvalue weighted by Crippen LogP contribution is 2.34. The van der Waals surface area contributed by atoms with Gasteiger partial charge in [-0.05, 0) is 0 Å². The second-order valence-electron chi connectivity index (χ2n) is 2.53. The Morgan fingerprint density at radius 3 is 2.92 bits per heavy atom. The van der Waals surface area contributed by atoms with Crippen LogP contribution in [0.3, 0.4) is 0 Å². The Hall–Kier alpha value is -0.930. The van der Waals surface area contributed by atoms with Gasteiger partial charge in [-0.25, -0.2) is 4.39 Å². The van der Waals surface area contributed by atoms with E-state index in [-0.39, 0.29) is 4.34 Å². The fourth-order valence-corrected chi connectivity index (χ4v) is 2.39. The highest BCUT2D eigenvalue weighted by molar-refractivity contribution is 7.23. The molecule has 0 fully saturated rings. The van der Waals surface area contributed by atoms with Gasteiger partial charge in [-0.3, -0.25) is 4.79 Å². The molecule has 66 valence electrons. The zero-order chi connectivity index (χ0) is 9.42. The SMILES string of the molecule is O=Cc1cccc2c(F)c(Cl)sc12. The monoisotopic (exact) mass is 214 g/mol. The maximum absolute atomic E-state index is 13.2. The molecule has 0 aliphatic rings. The molecule has 4 heteroatoms. The molecule has 0 bridgehead atoms. The van der Waals surface area contributed by atoms with Crippen molar-refractivity contribution in [2.24, 2.45) is 0 Å². The maximum Gasteiger partial charge on any atom is 0.160 e. The molecule has 0 unspecified atom stereocenters. The molecule has 0 atom stereocenters. The summed E-state index contributed by atoms with van der Waals surface area (Å²) in [5.41, 5.74) is 0.480. The summed E-state index contributed by atoms with van der Waals surface area (Å²) in [5.74, 6) is -0.439. The van der Waals surface area contributed by atoms with Crippen molar-refractivity contribution in [1.29, 1.82) is 0 Å². The number of rotatable bonds is 1. The van der Waals surface area contributed by atoms with E-state index < -0.39 is 5.82 Å². The van der Waals surface area contributed by atoms with Gasteiger partial charge in [-0.15, -0.1) is 11.3 Å². The van der Waals surface area contributed by atoms with E-state index in [1.165, 1.54) is 0 Å². The molecule has 0 aliphatic carbocycles. The first kappa shape index (κ1) is 8.66. The number of aldehydes is 1. The van der Waals surface area contributed by atoms with Crippen LogP contribution in [0.25, 0.3) is 10.1 Å². The van der Waals surface area contributed by atoms with Crippen LogP contribution in [-0.2, 0) is 0 Å². The first-order valence-corrected chi connectivity index (χ1v) is 4.75. The van der Waals surface area contributed by atoms with Crippen molar-refractivity contribution >= 4 is 39.3 Å². The molecular weight excluding hydrogens is 211 g/mol. The number of thiophene rings is 1. The van der Waals surface area contributed by atoms with Crippen molar-refractivity contribution in [3.05, 3.63) is 33.9 Å². The molecule has 2 rings (SSSR count). The summed E-state index contributed by atoms with van der Waals surface area (Å²) in [4.78, 5) is 10.6. The van der Waals surface area contributed by atoms with Crippen LogP contribution in [0.4, 0.5) is 4.39 Å². The second-order valence-corrected chi connectivity index (χ2v) is 4.15. The second kappa shape index (κ2) is 3.09. The average Bonchev–Trinajstić information content (AvgIpc) is 2.43. The lowest BCUT2D eigenvalue weighted by Gasteiger charge is -1.91. The molecule has 0 N–H and O–H groups in total. The summed E-state index contributed by atoms with van der Waals surface area (Å²) < 4.78 is 13.9. The van der Waals surface area contributed by atoms with Gasteiger partial charge in [0.25, 0.3) is 0 Å². The Labute approximate surface area is 82.7 Å². The van der Waals surface area contributed by atoms with Crippen LogP contribution in [0, 0.1) is 5.82 Å². The molecule has 1 aromatic carbocycles. The minimum atomic E-state index is -0.439. The van der Waals surface area contributed by atoms with Gasteiger partial charge in [-0.1, -0.05) is 29.8 Å². The summed E-state index contributed by atoms with van der Waals surface area (Å²) >= 11 is 6.70. The molecule has 1 nitrogen and oxygen atoms in total. The van der Waals surface area contributed by atoms with Crippen LogP contribution in [0.1, 0.15) is 10.4 Å². The van der Waals surface area contributed by atoms with E-state index in [0.29, 0.717) is 21.9 Å². The highest BCUT2D eigenvalue weighted by atomic mass is 35.5. The number of carbonyl (C=O) groups is 1. The first-order chi connectivity index (χ1) is 6.24. The van der Waals surface area contributed by atoms with Crippen molar-refractivity contribution in [3.63, 3.8) is 0 Å². The zero-order valence-electron chi connectivity index (χ0n) is 6.38. The largest absolute Gasteiger partial charge is 0.298 e. The lowest BCUT2D eigenvalue weighted by Crippen LogP contribution is -1.78. The van der Waals surface area contributed by atoms with Crippen molar-refractivity contribution in [3.8, 4) is 0 Å². The summed E-state index contributed by atoms with van der Waals surface area (Å²) in [7, 11) is 0. The average molecular weight is 215 g/mol. The normalized spacial score (nSPS) is 10.6. The molecule has 1 heterocycles. The smallest absolute Gasteiger partial charge is 0.160 e. The minimum absolute atomic E-state index is 0.101. The topological polar surface area (TPSA) is 17.1 Å². The quantitative estimate of drug-likeness (QED) is 0.664. The van der Waals surface area contributed by atoms with E-state index in [2.05, 4.69) is 0 Å². The van der Waals surface area contributed by atoms with Crippen LogP contribution in [-0.4, -0.2) is 6.29 Å². The molecule has 0 aliphatic heterocycles. The lowest BCUT2D eigenvalue weighted by atomic mass is 10.2. The Bertz CT molecular complexity index is 478. The molecule has 2 aromatic rings. The van der Waals surface area contributed by atoms with Gasteiger partial charge >= 0.3 is 0 Å². The van der Waals surface area contributed by atoms with Gasteiger partial charge < -0.3 is 0 Å². The van der Waals surface area contributed by atoms with Crippen molar-refractivity contribution in [2.75, 3.05) is 0 Å². The Kier molecular flexibility index (Phi) is 2.06. The lowest BCUT2D eigenvalue weighted by molar-refractivity contribution is 0.112. The van der Waals surface area contributed by atoms with Gasteiger partial charge in [0.15, 0.2) is 12.1 Å². The Morgan fingerprint density at radius 1 is 1.46 bits per heavy atom. The molecular formula is C9H4ClFOS. The fourth-order valence-electron chi connectivity index (χ4n) is 1.17. The molecule has 0 radical (unpaired) electrons. The fraction of sp³-hybridized carbons (Fsp3) is 0. The Balaban J connectivity index is 2.92. The van der Waals surface area contributed by atoms with Crippen LogP contribution in [0.2, 0.25) is 4.34 Å². The molecule has 13 heavy (non-hydrogen) atoms. The van der Waals surface area contributed by atoms with Gasteiger partial charge in [0.05, 0.1) is 0 Å². The Morgan fingerprint density at radius 2 is 2.23 bits per heavy atom. The predicted molar refractivity (Wildman–Crippen MR) is 52.2 cm³/mol. The highest BCUT2D eigenvalue weighted by Gasteiger charge is 2.11. The van der Waals surface area contributed by atoms with E-state index in [1.807, 2.05) is 0 Å². The molecule has 1 aromatic heterocycles. The third kappa shape index (κ3) is 1.24. The van der Waals surface area contributed by atoms with E-state index in [0.717, 1.165) is 11.3 Å².